The van der Waals surface area contributed by atoms with Gasteiger partial charge in [-0.15, -0.1) is 0 Å². The van der Waals surface area contributed by atoms with E-state index >= 15 is 0 Å². The highest BCUT2D eigenvalue weighted by atomic mass is 16.5. The van der Waals surface area contributed by atoms with Gasteiger partial charge in [-0.1, -0.05) is 36.4 Å². The molecule has 0 aliphatic carbocycles. The summed E-state index contributed by atoms with van der Waals surface area (Å²) in [7, 11) is 1.76. The number of ether oxygens (including phenoxy) is 1. The van der Waals surface area contributed by atoms with Crippen molar-refractivity contribution in [1.29, 1.82) is 0 Å². The molecule has 1 amide bonds. The van der Waals surface area contributed by atoms with Crippen LogP contribution in [0.3, 0.4) is 0 Å². The van der Waals surface area contributed by atoms with Crippen LogP contribution in [0.25, 0.3) is 0 Å². The lowest BCUT2D eigenvalue weighted by molar-refractivity contribution is -0.126. The van der Waals surface area contributed by atoms with E-state index in [1.807, 2.05) is 48.5 Å². The number of rotatable bonds is 2. The third-order valence-corrected chi connectivity index (χ3v) is 3.52. The summed E-state index contributed by atoms with van der Waals surface area (Å²) in [6.45, 7) is 0.442. The Morgan fingerprint density at radius 2 is 1.95 bits per heavy atom. The molecular weight excluding hydrogens is 252 g/mol. The van der Waals surface area contributed by atoms with Crippen molar-refractivity contribution in [3.05, 3.63) is 59.7 Å². The first-order chi connectivity index (χ1) is 9.70. The first-order valence-electron chi connectivity index (χ1n) is 6.53. The minimum atomic E-state index is -0.586. The van der Waals surface area contributed by atoms with E-state index in [0.29, 0.717) is 12.3 Å². The van der Waals surface area contributed by atoms with Crippen molar-refractivity contribution in [3.63, 3.8) is 0 Å². The number of amides is 1. The summed E-state index contributed by atoms with van der Waals surface area (Å²) < 4.78 is 5.87. The molecule has 3 rings (SSSR count). The third-order valence-electron chi connectivity index (χ3n) is 3.52. The first-order valence-corrected chi connectivity index (χ1v) is 6.53. The van der Waals surface area contributed by atoms with Gasteiger partial charge in [-0.05, 0) is 17.7 Å². The Hall–Kier alpha value is -2.33. The number of hydrogen-bond acceptors (Lipinski definition) is 3. The van der Waals surface area contributed by atoms with Gasteiger partial charge < -0.3 is 15.4 Å². The van der Waals surface area contributed by atoms with Crippen LogP contribution in [0.4, 0.5) is 5.69 Å². The Bertz CT molecular complexity index is 640. The molecule has 1 atom stereocenters. The van der Waals surface area contributed by atoms with Gasteiger partial charge in [-0.2, -0.15) is 0 Å². The monoisotopic (exact) mass is 268 g/mol. The van der Waals surface area contributed by atoms with E-state index in [2.05, 4.69) is 0 Å². The maximum absolute atomic E-state index is 12.5. The van der Waals surface area contributed by atoms with Gasteiger partial charge in [0.25, 0.3) is 5.91 Å². The van der Waals surface area contributed by atoms with E-state index in [1.54, 1.807) is 11.9 Å². The van der Waals surface area contributed by atoms with E-state index in [9.17, 15) is 4.79 Å². The van der Waals surface area contributed by atoms with Crippen LogP contribution < -0.4 is 15.4 Å². The highest BCUT2D eigenvalue weighted by Gasteiger charge is 2.33. The molecule has 2 N–H and O–H groups in total. The Labute approximate surface area is 117 Å². The van der Waals surface area contributed by atoms with Crippen molar-refractivity contribution in [2.75, 3.05) is 11.9 Å². The molecule has 102 valence electrons. The number of benzene rings is 2. The van der Waals surface area contributed by atoms with E-state index in [1.165, 1.54) is 0 Å². The van der Waals surface area contributed by atoms with Crippen molar-refractivity contribution in [3.8, 4) is 5.75 Å². The number of carbonyl (C=O) groups excluding carboxylic acids is 1. The summed E-state index contributed by atoms with van der Waals surface area (Å²) in [5.41, 5.74) is 8.24. The summed E-state index contributed by atoms with van der Waals surface area (Å²) in [6, 6.07) is 15.2. The Morgan fingerprint density at radius 1 is 1.20 bits per heavy atom. The quantitative estimate of drug-likeness (QED) is 0.908. The molecule has 0 spiro atoms. The van der Waals surface area contributed by atoms with Crippen LogP contribution in [-0.2, 0) is 11.3 Å². The van der Waals surface area contributed by atoms with E-state index < -0.39 is 6.10 Å². The van der Waals surface area contributed by atoms with Crippen LogP contribution in [-0.4, -0.2) is 13.0 Å². The van der Waals surface area contributed by atoms with E-state index in [-0.39, 0.29) is 5.91 Å². The van der Waals surface area contributed by atoms with Gasteiger partial charge in [0.05, 0.1) is 5.69 Å². The van der Waals surface area contributed by atoms with Crippen LogP contribution in [0.15, 0.2) is 48.5 Å². The summed E-state index contributed by atoms with van der Waals surface area (Å²) in [4.78, 5) is 14.1. The lowest BCUT2D eigenvalue weighted by Gasteiger charge is -2.32. The molecule has 4 nitrogen and oxygen atoms in total. The zero-order chi connectivity index (χ0) is 14.1. The maximum atomic E-state index is 12.5. The van der Waals surface area contributed by atoms with Crippen molar-refractivity contribution in [2.45, 2.75) is 12.6 Å². The molecule has 1 aliphatic heterocycles. The molecule has 20 heavy (non-hydrogen) atoms. The second-order valence-corrected chi connectivity index (χ2v) is 4.81. The SMILES string of the molecule is CN1C(=O)C(c2ccccc2)Oc2ccc(CN)cc21. The highest BCUT2D eigenvalue weighted by molar-refractivity contribution is 6.00. The van der Waals surface area contributed by atoms with E-state index in [0.717, 1.165) is 16.8 Å². The molecule has 0 saturated heterocycles. The fourth-order valence-corrected chi connectivity index (χ4v) is 2.36. The fraction of sp³-hybridized carbons (Fsp3) is 0.188. The minimum absolute atomic E-state index is 0.0714. The van der Waals surface area contributed by atoms with Crippen molar-refractivity contribution in [1.82, 2.24) is 0 Å². The van der Waals surface area contributed by atoms with Crippen LogP contribution >= 0.6 is 0 Å². The van der Waals surface area contributed by atoms with Gasteiger partial charge in [0.2, 0.25) is 6.10 Å². The maximum Gasteiger partial charge on any atom is 0.272 e. The molecular formula is C16H16N2O2. The minimum Gasteiger partial charge on any atom is -0.474 e. The van der Waals surface area contributed by atoms with Gasteiger partial charge in [0.1, 0.15) is 5.75 Å². The molecule has 0 saturated carbocycles. The molecule has 0 radical (unpaired) electrons. The predicted octanol–water partition coefficient (Wildman–Crippen LogP) is 2.24. The molecule has 1 unspecified atom stereocenters. The molecule has 1 heterocycles. The second-order valence-electron chi connectivity index (χ2n) is 4.81. The van der Waals surface area contributed by atoms with Gasteiger partial charge in [0, 0.05) is 19.2 Å². The summed E-state index contributed by atoms with van der Waals surface area (Å²) in [6.07, 6.45) is -0.586. The van der Waals surface area contributed by atoms with Crippen molar-refractivity contribution in [2.24, 2.45) is 5.73 Å². The average molecular weight is 268 g/mol. The number of nitrogens with two attached hydrogens (primary N) is 1. The number of fused-ring (bicyclic) bond motifs is 1. The van der Waals surface area contributed by atoms with Crippen LogP contribution in [0, 0.1) is 0 Å². The number of carbonyl (C=O) groups is 1. The Balaban J connectivity index is 2.01. The van der Waals surface area contributed by atoms with Crippen molar-refractivity contribution >= 4 is 11.6 Å². The zero-order valence-corrected chi connectivity index (χ0v) is 11.2. The molecule has 0 aromatic heterocycles. The van der Waals surface area contributed by atoms with Crippen LogP contribution in [0.1, 0.15) is 17.2 Å². The third kappa shape index (κ3) is 2.04. The smallest absolute Gasteiger partial charge is 0.272 e. The average Bonchev–Trinajstić information content (AvgIpc) is 2.51. The number of nitrogens with zero attached hydrogens (tertiary/aromatic N) is 1. The molecule has 0 bridgehead atoms. The van der Waals surface area contributed by atoms with Crippen molar-refractivity contribution < 1.29 is 9.53 Å². The lowest BCUT2D eigenvalue weighted by Crippen LogP contribution is -2.38. The summed E-state index contributed by atoms with van der Waals surface area (Å²) in [5.74, 6) is 0.635. The fourth-order valence-electron chi connectivity index (χ4n) is 2.36. The Kier molecular flexibility index (Phi) is 3.16. The summed E-state index contributed by atoms with van der Waals surface area (Å²) in [5, 5.41) is 0. The largest absolute Gasteiger partial charge is 0.474 e. The standard InChI is InChI=1S/C16H16N2O2/c1-18-13-9-11(10-17)7-8-14(13)20-15(16(18)19)12-5-3-2-4-6-12/h2-9,15H,10,17H2,1H3. The first kappa shape index (κ1) is 12.7. The van der Waals surface area contributed by atoms with Gasteiger partial charge in [0.15, 0.2) is 0 Å². The number of likely N-dealkylation sites (N-methyl/N-ethyl adjacent to an activating group) is 1. The molecule has 2 aromatic rings. The Morgan fingerprint density at radius 3 is 2.65 bits per heavy atom. The van der Waals surface area contributed by atoms with Gasteiger partial charge >= 0.3 is 0 Å². The topological polar surface area (TPSA) is 55.6 Å². The highest BCUT2D eigenvalue weighted by Crippen LogP contribution is 2.38. The van der Waals surface area contributed by atoms with Crippen LogP contribution in [0.5, 0.6) is 5.75 Å². The molecule has 4 heteroatoms. The molecule has 2 aromatic carbocycles. The van der Waals surface area contributed by atoms with Gasteiger partial charge in [-0.3, -0.25) is 4.79 Å². The lowest BCUT2D eigenvalue weighted by atomic mass is 10.0. The van der Waals surface area contributed by atoms with Crippen LogP contribution in [0.2, 0.25) is 0 Å². The number of hydrogen-bond donors (Lipinski definition) is 1. The normalized spacial score (nSPS) is 17.6. The summed E-state index contributed by atoms with van der Waals surface area (Å²) >= 11 is 0. The predicted molar refractivity (Wildman–Crippen MR) is 77.6 cm³/mol. The number of anilines is 1. The second kappa shape index (κ2) is 4.98. The zero-order valence-electron chi connectivity index (χ0n) is 11.2. The van der Waals surface area contributed by atoms with Gasteiger partial charge in [-0.25, -0.2) is 0 Å². The molecule has 0 fully saturated rings. The molecule has 1 aliphatic rings. The van der Waals surface area contributed by atoms with E-state index in [4.69, 9.17) is 10.5 Å².